The van der Waals surface area contributed by atoms with Crippen LogP contribution in [0.4, 0.5) is 4.39 Å². The first-order chi connectivity index (χ1) is 18.9. The van der Waals surface area contributed by atoms with Gasteiger partial charge in [-0.15, -0.1) is 0 Å². The van der Waals surface area contributed by atoms with Crippen LogP contribution in [-0.4, -0.2) is 150 Å². The maximum absolute atomic E-state index is 13.0. The van der Waals surface area contributed by atoms with Gasteiger partial charge < -0.3 is 72.3 Å². The van der Waals surface area contributed by atoms with Crippen LogP contribution in [0, 0.1) is 0 Å². The van der Waals surface area contributed by atoms with E-state index in [0.717, 1.165) is 0 Å². The highest BCUT2D eigenvalue weighted by Gasteiger charge is 2.51. The summed E-state index contributed by atoms with van der Waals surface area (Å²) < 4.78 is 36.8. The largest absolute Gasteiger partial charge is 0.395 e. The van der Waals surface area contributed by atoms with Crippen LogP contribution < -0.4 is 27.8 Å². The Morgan fingerprint density at radius 3 is 2.50 bits per heavy atom. The van der Waals surface area contributed by atoms with Gasteiger partial charge in [0.2, 0.25) is 0 Å². The minimum Gasteiger partial charge on any atom is -0.395 e. The van der Waals surface area contributed by atoms with Crippen molar-refractivity contribution < 1.29 is 48.9 Å². The third kappa shape index (κ3) is 8.03. The lowest BCUT2D eigenvalue weighted by atomic mass is 9.83. The summed E-state index contributed by atoms with van der Waals surface area (Å²) in [6, 6.07) is -3.10. The summed E-state index contributed by atoms with van der Waals surface area (Å²) >= 11 is 0. The molecule has 40 heavy (non-hydrogen) atoms. The molecule has 0 aromatic rings. The van der Waals surface area contributed by atoms with Gasteiger partial charge in [0.15, 0.2) is 12.6 Å². The van der Waals surface area contributed by atoms with Crippen LogP contribution in [0.1, 0.15) is 26.2 Å². The van der Waals surface area contributed by atoms with Gasteiger partial charge in [-0.3, -0.25) is 4.99 Å². The lowest BCUT2D eigenvalue weighted by Crippen LogP contribution is -2.67. The van der Waals surface area contributed by atoms with Gasteiger partial charge in [0.25, 0.3) is 0 Å². The molecule has 1 aliphatic carbocycles. The zero-order valence-electron chi connectivity index (χ0n) is 23.0. The summed E-state index contributed by atoms with van der Waals surface area (Å²) in [6.07, 6.45) is -7.87. The molecule has 13 N–H and O–H groups in total. The average Bonchev–Trinajstić information content (AvgIpc) is 2.91. The smallest absolute Gasteiger partial charge is 0.185 e. The Kier molecular flexibility index (Phi) is 12.4. The molecule has 15 nitrogen and oxygen atoms in total. The molecule has 2 heterocycles. The van der Waals surface area contributed by atoms with Gasteiger partial charge in [-0.25, -0.2) is 4.39 Å². The zero-order valence-corrected chi connectivity index (χ0v) is 23.0. The number of ether oxygens (including phenoxy) is 4. The summed E-state index contributed by atoms with van der Waals surface area (Å²) in [5, 5.41) is 57.7. The SMILES string of the molecule is CNC1C(O)C(OC2C(N=C(N)C(O)CF)CC(N)C(OC3OC(CNCCO)CCC3N)C2O)OCC1(C)O. The monoisotopic (exact) mass is 582 g/mol. The maximum Gasteiger partial charge on any atom is 0.185 e. The molecule has 234 valence electrons. The Morgan fingerprint density at radius 1 is 1.15 bits per heavy atom. The Bertz CT molecular complexity index is 817. The number of hydrogen-bond donors (Lipinski definition) is 10. The van der Waals surface area contributed by atoms with Gasteiger partial charge in [-0.1, -0.05) is 0 Å². The highest BCUT2D eigenvalue weighted by molar-refractivity contribution is 5.85. The molecule has 3 aliphatic rings. The molecule has 3 rings (SSSR count). The normalized spacial score (nSPS) is 44.0. The number of amidine groups is 1. The quantitative estimate of drug-likeness (QED) is 0.0590. The van der Waals surface area contributed by atoms with Gasteiger partial charge in [0.05, 0.1) is 37.4 Å². The number of halogens is 1. The number of aliphatic hydroxyl groups excluding tert-OH is 4. The van der Waals surface area contributed by atoms with Gasteiger partial charge in [0, 0.05) is 19.1 Å². The summed E-state index contributed by atoms with van der Waals surface area (Å²) in [5.41, 5.74) is 17.0. The van der Waals surface area contributed by atoms with Crippen molar-refractivity contribution in [1.29, 1.82) is 0 Å². The third-order valence-electron chi connectivity index (χ3n) is 7.67. The summed E-state index contributed by atoms with van der Waals surface area (Å²) in [5.74, 6) is -0.406. The van der Waals surface area contributed by atoms with Gasteiger partial charge in [-0.2, -0.15) is 0 Å². The molecule has 3 fully saturated rings. The van der Waals surface area contributed by atoms with E-state index in [-0.39, 0.29) is 25.7 Å². The predicted molar refractivity (Wildman–Crippen MR) is 141 cm³/mol. The van der Waals surface area contributed by atoms with E-state index in [1.807, 2.05) is 0 Å². The van der Waals surface area contributed by atoms with Crippen molar-refractivity contribution >= 4 is 5.84 Å². The van der Waals surface area contributed by atoms with Crippen molar-refractivity contribution in [3.05, 3.63) is 0 Å². The predicted octanol–water partition coefficient (Wildman–Crippen LogP) is -4.62. The number of rotatable bonds is 12. The van der Waals surface area contributed by atoms with E-state index in [1.54, 1.807) is 7.05 Å². The van der Waals surface area contributed by atoms with Crippen molar-refractivity contribution in [2.45, 2.75) is 105 Å². The second-order valence-electron chi connectivity index (χ2n) is 11.0. The number of aliphatic hydroxyl groups is 5. The van der Waals surface area contributed by atoms with Crippen LogP contribution in [-0.2, 0) is 18.9 Å². The fourth-order valence-electron chi connectivity index (χ4n) is 5.42. The molecule has 13 atom stereocenters. The summed E-state index contributed by atoms with van der Waals surface area (Å²) in [4.78, 5) is 4.19. The van der Waals surface area contributed by atoms with Crippen molar-refractivity contribution in [3.63, 3.8) is 0 Å². The third-order valence-corrected chi connectivity index (χ3v) is 7.67. The topological polar surface area (TPSA) is 253 Å². The highest BCUT2D eigenvalue weighted by Crippen LogP contribution is 2.33. The number of hydrogen-bond acceptors (Lipinski definition) is 14. The number of nitrogens with zero attached hydrogens (tertiary/aromatic N) is 1. The van der Waals surface area contributed by atoms with E-state index >= 15 is 0 Å². The lowest BCUT2D eigenvalue weighted by Gasteiger charge is -2.48. The Morgan fingerprint density at radius 2 is 1.85 bits per heavy atom. The number of aliphatic imine (C=N–C) groups is 1. The second-order valence-corrected chi connectivity index (χ2v) is 11.0. The second kappa shape index (κ2) is 14.9. The van der Waals surface area contributed by atoms with Crippen LogP contribution in [0.5, 0.6) is 0 Å². The van der Waals surface area contributed by atoms with E-state index in [0.29, 0.717) is 25.9 Å². The van der Waals surface area contributed by atoms with Gasteiger partial charge in [0.1, 0.15) is 48.6 Å². The van der Waals surface area contributed by atoms with E-state index < -0.39 is 85.4 Å². The number of likely N-dealkylation sites (N-methyl/N-ethyl adjacent to an activating group) is 1. The fourth-order valence-corrected chi connectivity index (χ4v) is 5.42. The molecule has 0 aromatic heterocycles. The fraction of sp³-hybridized carbons (Fsp3) is 0.958. The highest BCUT2D eigenvalue weighted by atomic mass is 19.1. The van der Waals surface area contributed by atoms with Crippen LogP contribution in [0.25, 0.3) is 0 Å². The molecule has 2 saturated heterocycles. The van der Waals surface area contributed by atoms with E-state index in [9.17, 15) is 24.8 Å². The minimum absolute atomic E-state index is 0.0147. The van der Waals surface area contributed by atoms with E-state index in [2.05, 4.69) is 15.6 Å². The molecule has 0 radical (unpaired) electrons. The minimum atomic E-state index is -1.66. The van der Waals surface area contributed by atoms with Crippen LogP contribution >= 0.6 is 0 Å². The summed E-state index contributed by atoms with van der Waals surface area (Å²) in [7, 11) is 1.56. The molecule has 1 saturated carbocycles. The molecule has 0 aromatic carbocycles. The van der Waals surface area contributed by atoms with Gasteiger partial charge >= 0.3 is 0 Å². The number of nitrogens with two attached hydrogens (primary N) is 3. The average molecular weight is 583 g/mol. The van der Waals surface area contributed by atoms with Crippen LogP contribution in [0.15, 0.2) is 4.99 Å². The first-order valence-corrected chi connectivity index (χ1v) is 13.7. The Hall–Kier alpha value is -1.12. The number of alkyl halides is 1. The molecule has 13 unspecified atom stereocenters. The Labute approximate surface area is 233 Å². The van der Waals surface area contributed by atoms with Crippen molar-refractivity contribution in [1.82, 2.24) is 10.6 Å². The zero-order chi connectivity index (χ0) is 29.6. The molecular formula is C24H47FN6O9. The molecule has 16 heteroatoms. The van der Waals surface area contributed by atoms with Crippen molar-refractivity contribution in [3.8, 4) is 0 Å². The first kappa shape index (κ1) is 33.4. The standard InChI is InChI=1S/C24H47FN6O9/c1-24(36)10-37-23(17(35)20(24)29-2)40-19-14(31-21(28)15(33)8-25)7-13(27)18(16(19)34)39-22-12(26)4-3-11(38-22)9-30-5-6-32/h11-20,22-23,29-30,32-36H,3-10,26-27H2,1-2H3,(H2,28,31). The molecule has 2 aliphatic heterocycles. The maximum atomic E-state index is 13.0. The van der Waals surface area contributed by atoms with Crippen molar-refractivity contribution in [2.75, 3.05) is 40.0 Å². The van der Waals surface area contributed by atoms with Crippen LogP contribution in [0.3, 0.4) is 0 Å². The molecular weight excluding hydrogens is 535 g/mol. The van der Waals surface area contributed by atoms with Crippen LogP contribution in [0.2, 0.25) is 0 Å². The number of nitrogens with one attached hydrogen (secondary N) is 2. The molecule has 0 amide bonds. The van der Waals surface area contributed by atoms with E-state index in [1.165, 1.54) is 6.92 Å². The first-order valence-electron chi connectivity index (χ1n) is 13.7. The molecule has 0 bridgehead atoms. The summed E-state index contributed by atoms with van der Waals surface area (Å²) in [6.45, 7) is 1.01. The van der Waals surface area contributed by atoms with Gasteiger partial charge in [-0.05, 0) is 33.2 Å². The Balaban J connectivity index is 1.81. The van der Waals surface area contributed by atoms with Crippen molar-refractivity contribution in [2.24, 2.45) is 22.2 Å². The molecule has 0 spiro atoms. The van der Waals surface area contributed by atoms with E-state index in [4.69, 9.17) is 41.3 Å². The lowest BCUT2D eigenvalue weighted by molar-refractivity contribution is -0.306.